The second-order valence-electron chi connectivity index (χ2n) is 11.6. The first kappa shape index (κ1) is 37.4. The van der Waals surface area contributed by atoms with E-state index in [0.717, 1.165) is 19.3 Å². The van der Waals surface area contributed by atoms with E-state index < -0.39 is 40.5 Å². The van der Waals surface area contributed by atoms with Crippen LogP contribution in [-0.4, -0.2) is 57.3 Å². The fraction of sp³-hybridized carbons (Fsp3) is 0.906. The quantitative estimate of drug-likeness (QED) is 0.0786. The summed E-state index contributed by atoms with van der Waals surface area (Å²) in [4.78, 5) is 37.5. The highest BCUT2D eigenvalue weighted by Gasteiger charge is 2.54. The van der Waals surface area contributed by atoms with Gasteiger partial charge in [-0.3, -0.25) is 4.48 Å². The Balaban J connectivity index is 5.15. The predicted octanol–water partition coefficient (Wildman–Crippen LogP) is 7.10. The fourth-order valence-electron chi connectivity index (χ4n) is 6.39. The van der Waals surface area contributed by atoms with Gasteiger partial charge >= 0.3 is 11.9 Å². The molecule has 0 spiro atoms. The Morgan fingerprint density at radius 3 is 1.10 bits per heavy atom. The number of rotatable bonds is 28. The molecular formula is C32H61NO6. The summed E-state index contributed by atoms with van der Waals surface area (Å²) in [6.45, 7) is 8.06. The van der Waals surface area contributed by atoms with Gasteiger partial charge in [0.15, 0.2) is 12.1 Å². The lowest BCUT2D eigenvalue weighted by atomic mass is 9.91. The van der Waals surface area contributed by atoms with Gasteiger partial charge in [-0.2, -0.15) is 0 Å². The smallest absolute Gasteiger partial charge is 0.362 e. The number of aliphatic carboxylic acids is 3. The molecule has 0 saturated carbocycles. The van der Waals surface area contributed by atoms with Gasteiger partial charge in [0.1, 0.15) is 6.04 Å². The molecule has 7 heteroatoms. The third kappa shape index (κ3) is 14.0. The first-order valence-electron chi connectivity index (χ1n) is 16.3. The molecule has 0 aliphatic rings. The summed E-state index contributed by atoms with van der Waals surface area (Å²) in [5, 5.41) is 32.9. The Hall–Kier alpha value is -1.63. The number of carboxylic acids is 3. The Kier molecular flexibility index (Phi) is 22.1. The van der Waals surface area contributed by atoms with E-state index in [9.17, 15) is 29.7 Å². The van der Waals surface area contributed by atoms with Gasteiger partial charge < -0.3 is 20.1 Å². The van der Waals surface area contributed by atoms with E-state index in [1.54, 1.807) is 0 Å². The molecule has 230 valence electrons. The first-order valence-corrected chi connectivity index (χ1v) is 16.3. The standard InChI is InChI=1S/C32H61NO6/c1-5-9-10-11-12-13-14-15-16-17-18-19-20-21-22-26-33(27(23-6-2)30(34)35,28(24-7-3)31(36)37)29(25-8-4)32(38)39/h27-29H,5-26H2,1-4H3,(H2-,34,35,36,37,38,39). The second kappa shape index (κ2) is 23.1. The van der Waals surface area contributed by atoms with Crippen LogP contribution >= 0.6 is 0 Å². The highest BCUT2D eigenvalue weighted by Crippen LogP contribution is 2.34. The van der Waals surface area contributed by atoms with Crippen LogP contribution in [-0.2, 0) is 14.4 Å². The van der Waals surface area contributed by atoms with Crippen LogP contribution in [0.25, 0.3) is 0 Å². The molecular weight excluding hydrogens is 494 g/mol. The van der Waals surface area contributed by atoms with Gasteiger partial charge in [0, 0.05) is 19.3 Å². The molecule has 0 aromatic heterocycles. The van der Waals surface area contributed by atoms with Gasteiger partial charge in [-0.05, 0) is 25.7 Å². The Labute approximate surface area is 239 Å². The molecule has 0 saturated heterocycles. The first-order chi connectivity index (χ1) is 18.7. The normalized spacial score (nSPS) is 15.4. The van der Waals surface area contributed by atoms with Crippen LogP contribution in [0.4, 0.5) is 0 Å². The van der Waals surface area contributed by atoms with E-state index in [4.69, 9.17) is 0 Å². The lowest BCUT2D eigenvalue weighted by Gasteiger charge is -2.52. The van der Waals surface area contributed by atoms with Crippen molar-refractivity contribution in [2.75, 3.05) is 6.54 Å². The summed E-state index contributed by atoms with van der Waals surface area (Å²) >= 11 is 0. The number of nitrogens with zero attached hydrogens (tertiary/aromatic N) is 1. The Morgan fingerprint density at radius 2 is 0.821 bits per heavy atom. The third-order valence-electron chi connectivity index (χ3n) is 8.42. The van der Waals surface area contributed by atoms with Crippen LogP contribution < -0.4 is 5.11 Å². The summed E-state index contributed by atoms with van der Waals surface area (Å²) in [5.41, 5.74) is 0. The molecule has 0 radical (unpaired) electrons. The number of carboxylic acid groups (broad SMARTS) is 3. The van der Waals surface area contributed by atoms with Gasteiger partial charge in [0.05, 0.1) is 12.5 Å². The molecule has 3 atom stereocenters. The number of carbonyl (C=O) groups excluding carboxylic acids is 1. The number of quaternary nitrogens is 1. The molecule has 0 aromatic carbocycles. The molecule has 0 rings (SSSR count). The summed E-state index contributed by atoms with van der Waals surface area (Å²) in [6, 6.07) is -3.31. The molecule has 39 heavy (non-hydrogen) atoms. The Bertz CT molecular complexity index is 593. The van der Waals surface area contributed by atoms with Crippen molar-refractivity contribution >= 4 is 17.9 Å². The summed E-state index contributed by atoms with van der Waals surface area (Å²) < 4.78 is -0.430. The van der Waals surface area contributed by atoms with Crippen molar-refractivity contribution in [3.05, 3.63) is 0 Å². The zero-order valence-electron chi connectivity index (χ0n) is 25.8. The lowest BCUT2D eigenvalue weighted by molar-refractivity contribution is -0.975. The van der Waals surface area contributed by atoms with Gasteiger partial charge in [0.2, 0.25) is 0 Å². The minimum Gasteiger partial charge on any atom is -0.544 e. The average Bonchev–Trinajstić information content (AvgIpc) is 2.89. The van der Waals surface area contributed by atoms with Crippen molar-refractivity contribution in [2.24, 2.45) is 0 Å². The fourth-order valence-corrected chi connectivity index (χ4v) is 6.39. The van der Waals surface area contributed by atoms with Crippen molar-refractivity contribution in [1.29, 1.82) is 0 Å². The van der Waals surface area contributed by atoms with E-state index in [2.05, 4.69) is 6.92 Å². The van der Waals surface area contributed by atoms with Gasteiger partial charge in [-0.25, -0.2) is 9.59 Å². The van der Waals surface area contributed by atoms with Gasteiger partial charge in [-0.1, -0.05) is 118 Å². The molecule has 0 fully saturated rings. The average molecular weight is 556 g/mol. The molecule has 3 unspecified atom stereocenters. The maximum Gasteiger partial charge on any atom is 0.362 e. The van der Waals surface area contributed by atoms with Crippen LogP contribution in [0.15, 0.2) is 0 Å². The molecule has 0 aromatic rings. The second-order valence-corrected chi connectivity index (χ2v) is 11.6. The third-order valence-corrected chi connectivity index (χ3v) is 8.42. The highest BCUT2D eigenvalue weighted by molar-refractivity contribution is 5.77. The maximum absolute atomic E-state index is 12.5. The van der Waals surface area contributed by atoms with Crippen LogP contribution in [0.2, 0.25) is 0 Å². The minimum absolute atomic E-state index is 0.210. The monoisotopic (exact) mass is 555 g/mol. The van der Waals surface area contributed by atoms with Gasteiger partial charge in [0.25, 0.3) is 0 Å². The molecule has 0 aliphatic carbocycles. The van der Waals surface area contributed by atoms with Crippen LogP contribution in [0, 0.1) is 0 Å². The number of carbonyl (C=O) groups is 3. The number of hydrogen-bond donors (Lipinski definition) is 2. The van der Waals surface area contributed by atoms with Crippen LogP contribution in [0.3, 0.4) is 0 Å². The molecule has 2 N–H and O–H groups in total. The Morgan fingerprint density at radius 1 is 0.513 bits per heavy atom. The topological polar surface area (TPSA) is 115 Å². The molecule has 0 bridgehead atoms. The summed E-state index contributed by atoms with van der Waals surface area (Å²) in [6.07, 6.45) is 20.3. The van der Waals surface area contributed by atoms with Crippen molar-refractivity contribution < 1.29 is 34.2 Å². The number of unbranched alkanes of at least 4 members (excludes halogenated alkanes) is 14. The van der Waals surface area contributed by atoms with Gasteiger partial charge in [-0.15, -0.1) is 0 Å². The number of hydrogen-bond acceptors (Lipinski definition) is 4. The van der Waals surface area contributed by atoms with Crippen molar-refractivity contribution in [3.63, 3.8) is 0 Å². The summed E-state index contributed by atoms with van der Waals surface area (Å²) in [5.74, 6) is -3.55. The van der Waals surface area contributed by atoms with Crippen LogP contribution in [0.1, 0.15) is 163 Å². The van der Waals surface area contributed by atoms with E-state index in [1.165, 1.54) is 70.6 Å². The molecule has 0 heterocycles. The zero-order chi connectivity index (χ0) is 29.5. The molecule has 0 amide bonds. The van der Waals surface area contributed by atoms with Crippen molar-refractivity contribution in [1.82, 2.24) is 0 Å². The van der Waals surface area contributed by atoms with Crippen LogP contribution in [0.5, 0.6) is 0 Å². The van der Waals surface area contributed by atoms with E-state index in [-0.39, 0.29) is 25.8 Å². The molecule has 7 nitrogen and oxygen atoms in total. The van der Waals surface area contributed by atoms with E-state index >= 15 is 0 Å². The maximum atomic E-state index is 12.5. The highest BCUT2D eigenvalue weighted by atomic mass is 16.4. The SMILES string of the molecule is CCCCCCCCCCCCCCCCC[N+](C(CCC)C(=O)[O-])(C(CCC)C(=O)O)C(CCC)C(=O)O. The largest absolute Gasteiger partial charge is 0.544 e. The summed E-state index contributed by atoms with van der Waals surface area (Å²) in [7, 11) is 0. The van der Waals surface area contributed by atoms with E-state index in [1.807, 2.05) is 20.8 Å². The van der Waals surface area contributed by atoms with Crippen molar-refractivity contribution in [2.45, 2.75) is 181 Å². The lowest BCUT2D eigenvalue weighted by Crippen LogP contribution is -2.74. The zero-order valence-corrected chi connectivity index (χ0v) is 25.8. The van der Waals surface area contributed by atoms with E-state index in [0.29, 0.717) is 25.7 Å². The predicted molar refractivity (Wildman–Crippen MR) is 156 cm³/mol. The molecule has 0 aliphatic heterocycles. The van der Waals surface area contributed by atoms with Crippen molar-refractivity contribution in [3.8, 4) is 0 Å². The minimum atomic E-state index is -1.33.